The molecule has 0 spiro atoms. The molecule has 34 heavy (non-hydrogen) atoms. The van der Waals surface area contributed by atoms with Gasteiger partial charge >= 0.3 is 0 Å². The molecule has 5 N–H and O–H groups in total. The quantitative estimate of drug-likeness (QED) is 0.190. The zero-order chi connectivity index (χ0) is 25.1. The molecule has 0 aromatic heterocycles. The van der Waals surface area contributed by atoms with Crippen LogP contribution in [0.2, 0.25) is 0 Å². The summed E-state index contributed by atoms with van der Waals surface area (Å²) < 4.78 is 74.4. The number of nitrogens with two attached hydrogens (primary N) is 1. The standard InChI is InChI=1S/C21H22N2O9S2/c1-31-19-11-13(3-6-18(19)22)21(24)23-15-4-5-17-14(9-15)10-16(12-20(17)34(28,29)30)32-7-2-8-33(25,26)27/h3-6,9-12H,2,7-8,22H2,1H3,(H,23,24)(H,25,26,27)(H,28,29,30). The van der Waals surface area contributed by atoms with E-state index in [1.54, 1.807) is 0 Å². The highest BCUT2D eigenvalue weighted by Crippen LogP contribution is 2.31. The number of fused-ring (bicyclic) bond motifs is 1. The zero-order valence-corrected chi connectivity index (χ0v) is 19.5. The van der Waals surface area contributed by atoms with Crippen molar-refractivity contribution in [2.75, 3.05) is 30.5 Å². The predicted octanol–water partition coefficient (Wildman–Crippen LogP) is 2.59. The molecule has 0 saturated carbocycles. The Morgan fingerprint density at radius 1 is 1.03 bits per heavy atom. The number of carbonyl (C=O) groups excluding carboxylic acids is 1. The molecule has 182 valence electrons. The molecule has 0 aliphatic carbocycles. The number of hydrogen-bond acceptors (Lipinski definition) is 8. The van der Waals surface area contributed by atoms with E-state index in [1.165, 1.54) is 49.6 Å². The molecule has 3 aromatic carbocycles. The average Bonchev–Trinajstić information content (AvgIpc) is 2.75. The SMILES string of the molecule is COc1cc(C(=O)Nc2ccc3c(S(=O)(=O)O)cc(OCCCS(=O)(=O)O)cc3c2)ccc1N. The average molecular weight is 511 g/mol. The van der Waals surface area contributed by atoms with Gasteiger partial charge in [0.1, 0.15) is 16.4 Å². The minimum absolute atomic E-state index is 0.0424. The first kappa shape index (κ1) is 25.2. The van der Waals surface area contributed by atoms with Gasteiger partial charge in [-0.1, -0.05) is 6.07 Å². The van der Waals surface area contributed by atoms with Crippen LogP contribution in [0.15, 0.2) is 53.4 Å². The van der Waals surface area contributed by atoms with Gasteiger partial charge in [0.25, 0.3) is 26.1 Å². The number of nitrogens with one attached hydrogen (secondary N) is 1. The Hall–Kier alpha value is -3.39. The van der Waals surface area contributed by atoms with E-state index < -0.39 is 36.8 Å². The molecule has 0 radical (unpaired) electrons. The van der Waals surface area contributed by atoms with Crippen LogP contribution in [0.25, 0.3) is 10.8 Å². The molecule has 3 aromatic rings. The Labute approximate surface area is 196 Å². The van der Waals surface area contributed by atoms with Gasteiger partial charge in [-0.3, -0.25) is 13.9 Å². The van der Waals surface area contributed by atoms with Crippen molar-refractivity contribution < 1.29 is 40.2 Å². The topological polar surface area (TPSA) is 182 Å². The molecule has 3 rings (SSSR count). The number of carbonyl (C=O) groups is 1. The molecule has 0 aliphatic rings. The van der Waals surface area contributed by atoms with E-state index in [0.29, 0.717) is 22.5 Å². The zero-order valence-electron chi connectivity index (χ0n) is 17.9. The maximum absolute atomic E-state index is 12.6. The van der Waals surface area contributed by atoms with Gasteiger partial charge in [0, 0.05) is 22.7 Å². The third-order valence-corrected chi connectivity index (χ3v) is 6.43. The second-order valence-electron chi connectivity index (χ2n) is 7.23. The van der Waals surface area contributed by atoms with Crippen molar-refractivity contribution in [1.82, 2.24) is 0 Å². The van der Waals surface area contributed by atoms with Crippen LogP contribution < -0.4 is 20.5 Å². The van der Waals surface area contributed by atoms with Crippen LogP contribution in [-0.4, -0.2) is 51.3 Å². The third kappa shape index (κ3) is 6.35. The van der Waals surface area contributed by atoms with Crippen molar-refractivity contribution in [3.05, 3.63) is 54.1 Å². The highest BCUT2D eigenvalue weighted by atomic mass is 32.2. The third-order valence-electron chi connectivity index (χ3n) is 4.73. The van der Waals surface area contributed by atoms with Gasteiger partial charge in [-0.15, -0.1) is 0 Å². The van der Waals surface area contributed by atoms with Gasteiger partial charge in [-0.05, 0) is 48.2 Å². The second kappa shape index (κ2) is 9.85. The van der Waals surface area contributed by atoms with E-state index in [0.717, 1.165) is 6.07 Å². The lowest BCUT2D eigenvalue weighted by atomic mass is 10.1. The fraction of sp³-hybridized carbons (Fsp3) is 0.190. The predicted molar refractivity (Wildman–Crippen MR) is 126 cm³/mol. The fourth-order valence-electron chi connectivity index (χ4n) is 3.17. The second-order valence-corrected chi connectivity index (χ2v) is 10.2. The highest BCUT2D eigenvalue weighted by Gasteiger charge is 2.18. The molecule has 0 aliphatic heterocycles. The molecule has 11 nitrogen and oxygen atoms in total. The van der Waals surface area contributed by atoms with Crippen LogP contribution in [0.4, 0.5) is 11.4 Å². The van der Waals surface area contributed by atoms with Crippen LogP contribution in [-0.2, 0) is 20.2 Å². The molecule has 0 fully saturated rings. The number of nitrogen functional groups attached to an aromatic ring is 1. The molecule has 0 atom stereocenters. The monoisotopic (exact) mass is 510 g/mol. The first-order chi connectivity index (χ1) is 15.9. The minimum Gasteiger partial charge on any atom is -0.495 e. The van der Waals surface area contributed by atoms with Crippen molar-refractivity contribution in [2.24, 2.45) is 0 Å². The van der Waals surface area contributed by atoms with Gasteiger partial charge in [-0.2, -0.15) is 16.8 Å². The van der Waals surface area contributed by atoms with Gasteiger partial charge in [-0.25, -0.2) is 0 Å². The number of amides is 1. The molecule has 0 bridgehead atoms. The van der Waals surface area contributed by atoms with E-state index in [4.69, 9.17) is 19.8 Å². The molecular weight excluding hydrogens is 488 g/mol. The van der Waals surface area contributed by atoms with E-state index in [1.807, 2.05) is 0 Å². The maximum atomic E-state index is 12.6. The first-order valence-corrected chi connectivity index (χ1v) is 12.8. The van der Waals surface area contributed by atoms with Crippen molar-refractivity contribution in [1.29, 1.82) is 0 Å². The lowest BCUT2D eigenvalue weighted by molar-refractivity contribution is 0.102. The van der Waals surface area contributed by atoms with E-state index in [-0.39, 0.29) is 29.7 Å². The lowest BCUT2D eigenvalue weighted by Crippen LogP contribution is -2.12. The Balaban J connectivity index is 1.90. The molecule has 0 heterocycles. The molecule has 1 amide bonds. The van der Waals surface area contributed by atoms with Gasteiger partial charge in [0.05, 0.1) is 25.2 Å². The molecule has 0 unspecified atom stereocenters. The summed E-state index contributed by atoms with van der Waals surface area (Å²) in [4.78, 5) is 12.2. The summed E-state index contributed by atoms with van der Waals surface area (Å²) in [6.45, 7) is -0.133. The number of rotatable bonds is 9. The molecule has 13 heteroatoms. The first-order valence-electron chi connectivity index (χ1n) is 9.75. The summed E-state index contributed by atoms with van der Waals surface area (Å²) in [7, 11) is -7.37. The normalized spacial score (nSPS) is 11.9. The van der Waals surface area contributed by atoms with Crippen LogP contribution in [0.5, 0.6) is 11.5 Å². The van der Waals surface area contributed by atoms with Gasteiger partial charge in [0.2, 0.25) is 0 Å². The van der Waals surface area contributed by atoms with Gasteiger partial charge < -0.3 is 20.5 Å². The Bertz CT molecular complexity index is 1450. The molecule has 0 saturated heterocycles. The van der Waals surface area contributed by atoms with E-state index in [2.05, 4.69) is 5.32 Å². The summed E-state index contributed by atoms with van der Waals surface area (Å²) in [6.07, 6.45) is -0.0424. The maximum Gasteiger partial charge on any atom is 0.295 e. The smallest absolute Gasteiger partial charge is 0.295 e. The highest BCUT2D eigenvalue weighted by molar-refractivity contribution is 7.86. The number of benzene rings is 3. The number of hydrogen-bond donors (Lipinski definition) is 4. The van der Waals surface area contributed by atoms with Crippen molar-refractivity contribution in [3.63, 3.8) is 0 Å². The number of ether oxygens (including phenoxy) is 2. The Morgan fingerprint density at radius 3 is 2.41 bits per heavy atom. The number of methoxy groups -OCH3 is 1. The Kier molecular flexibility index (Phi) is 7.31. The lowest BCUT2D eigenvalue weighted by Gasteiger charge is -2.12. The van der Waals surface area contributed by atoms with Crippen LogP contribution in [0.3, 0.4) is 0 Å². The summed E-state index contributed by atoms with van der Waals surface area (Å²) in [6, 6.07) is 11.5. The summed E-state index contributed by atoms with van der Waals surface area (Å²) >= 11 is 0. The van der Waals surface area contributed by atoms with E-state index in [9.17, 15) is 26.2 Å². The minimum atomic E-state index is -4.63. The van der Waals surface area contributed by atoms with Crippen molar-refractivity contribution >= 4 is 48.3 Å². The summed E-state index contributed by atoms with van der Waals surface area (Å²) in [5.41, 5.74) is 6.74. The van der Waals surface area contributed by atoms with Gasteiger partial charge in [0.15, 0.2) is 0 Å². The summed E-state index contributed by atoms with van der Waals surface area (Å²) in [5.74, 6) is -0.620. The van der Waals surface area contributed by atoms with Crippen LogP contribution in [0, 0.1) is 0 Å². The van der Waals surface area contributed by atoms with Crippen LogP contribution in [0.1, 0.15) is 16.8 Å². The Morgan fingerprint density at radius 2 is 1.76 bits per heavy atom. The van der Waals surface area contributed by atoms with Crippen molar-refractivity contribution in [3.8, 4) is 11.5 Å². The van der Waals surface area contributed by atoms with Crippen molar-refractivity contribution in [2.45, 2.75) is 11.3 Å². The molecular formula is C21H22N2O9S2. The fourth-order valence-corrected chi connectivity index (χ4v) is 4.38. The summed E-state index contributed by atoms with van der Waals surface area (Å²) in [5, 5.41) is 3.19. The largest absolute Gasteiger partial charge is 0.495 e. The van der Waals surface area contributed by atoms with E-state index >= 15 is 0 Å². The van der Waals surface area contributed by atoms with Crippen LogP contribution >= 0.6 is 0 Å². The number of anilines is 2.